The molecule has 1 saturated carbocycles. The van der Waals surface area contributed by atoms with E-state index in [2.05, 4.69) is 5.32 Å². The van der Waals surface area contributed by atoms with E-state index in [9.17, 15) is 4.39 Å². The van der Waals surface area contributed by atoms with Crippen LogP contribution in [-0.4, -0.2) is 19.8 Å². The van der Waals surface area contributed by atoms with E-state index < -0.39 is 0 Å². The average Bonchev–Trinajstić information content (AvgIpc) is 2.83. The van der Waals surface area contributed by atoms with Crippen LogP contribution in [0.25, 0.3) is 0 Å². The summed E-state index contributed by atoms with van der Waals surface area (Å²) in [7, 11) is 3.74. The number of nitrogens with one attached hydrogen (secondary N) is 1. The molecular weight excluding hydrogens is 229 g/mol. The van der Waals surface area contributed by atoms with Crippen LogP contribution in [0.2, 0.25) is 0 Å². The zero-order valence-corrected chi connectivity index (χ0v) is 11.4. The summed E-state index contributed by atoms with van der Waals surface area (Å²) in [6.07, 6.45) is 4.52. The predicted octanol–water partition coefficient (Wildman–Crippen LogP) is 3.35. The molecular formula is C15H22FNO. The maximum absolute atomic E-state index is 13.2. The van der Waals surface area contributed by atoms with Gasteiger partial charge in [0.1, 0.15) is 5.82 Å². The van der Waals surface area contributed by atoms with Gasteiger partial charge in [-0.05, 0) is 50.1 Å². The summed E-state index contributed by atoms with van der Waals surface area (Å²) in [6, 6.07) is 5.14. The lowest BCUT2D eigenvalue weighted by Gasteiger charge is -2.37. The van der Waals surface area contributed by atoms with E-state index in [0.29, 0.717) is 0 Å². The Bertz CT molecular complexity index is 413. The SMILES string of the molecule is CNC(c1ccc(F)cc1C)C1(OC)CCCC1. The van der Waals surface area contributed by atoms with Gasteiger partial charge in [0.15, 0.2) is 0 Å². The summed E-state index contributed by atoms with van der Waals surface area (Å²) in [5.41, 5.74) is 1.98. The molecule has 18 heavy (non-hydrogen) atoms. The minimum Gasteiger partial charge on any atom is -0.376 e. The first-order valence-corrected chi connectivity index (χ1v) is 6.61. The van der Waals surface area contributed by atoms with Crippen LogP contribution >= 0.6 is 0 Å². The summed E-state index contributed by atoms with van der Waals surface area (Å²) in [4.78, 5) is 0. The zero-order valence-electron chi connectivity index (χ0n) is 11.4. The Kier molecular flexibility index (Phi) is 4.03. The lowest BCUT2D eigenvalue weighted by Crippen LogP contribution is -2.42. The van der Waals surface area contributed by atoms with Gasteiger partial charge in [0, 0.05) is 7.11 Å². The predicted molar refractivity (Wildman–Crippen MR) is 71.1 cm³/mol. The normalized spacial score (nSPS) is 20.0. The molecule has 0 spiro atoms. The summed E-state index contributed by atoms with van der Waals surface area (Å²) in [5.74, 6) is -0.177. The van der Waals surface area contributed by atoms with Gasteiger partial charge >= 0.3 is 0 Å². The molecule has 1 aromatic carbocycles. The number of rotatable bonds is 4. The third kappa shape index (κ3) is 2.29. The van der Waals surface area contributed by atoms with Gasteiger partial charge in [-0.2, -0.15) is 0 Å². The van der Waals surface area contributed by atoms with Crippen LogP contribution in [0.3, 0.4) is 0 Å². The molecule has 0 aromatic heterocycles. The molecule has 1 aromatic rings. The molecule has 1 N–H and O–H groups in total. The van der Waals surface area contributed by atoms with E-state index >= 15 is 0 Å². The van der Waals surface area contributed by atoms with Crippen LogP contribution in [0.4, 0.5) is 4.39 Å². The fourth-order valence-corrected chi connectivity index (χ4v) is 3.25. The van der Waals surface area contributed by atoms with E-state index in [4.69, 9.17) is 4.74 Å². The minimum atomic E-state index is -0.177. The van der Waals surface area contributed by atoms with Crippen LogP contribution < -0.4 is 5.32 Å². The zero-order chi connectivity index (χ0) is 13.2. The molecule has 100 valence electrons. The summed E-state index contributed by atoms with van der Waals surface area (Å²) < 4.78 is 19.1. The molecule has 2 nitrogen and oxygen atoms in total. The van der Waals surface area contributed by atoms with Crippen molar-refractivity contribution in [3.63, 3.8) is 0 Å². The number of ether oxygens (including phenoxy) is 1. The molecule has 2 rings (SSSR count). The standard InChI is InChI=1S/C15H22FNO/c1-11-10-12(16)6-7-13(11)14(17-2)15(18-3)8-4-5-9-15/h6-7,10,14,17H,4-5,8-9H2,1-3H3. The van der Waals surface area contributed by atoms with Crippen molar-refractivity contribution in [2.45, 2.75) is 44.2 Å². The highest BCUT2D eigenvalue weighted by Crippen LogP contribution is 2.43. The van der Waals surface area contributed by atoms with Gasteiger partial charge in [-0.3, -0.25) is 0 Å². The second-order valence-corrected chi connectivity index (χ2v) is 5.20. The third-order valence-corrected chi connectivity index (χ3v) is 4.21. The number of halogens is 1. The highest BCUT2D eigenvalue weighted by Gasteiger charge is 2.42. The summed E-state index contributed by atoms with van der Waals surface area (Å²) in [6.45, 7) is 1.96. The van der Waals surface area contributed by atoms with E-state index in [1.165, 1.54) is 18.9 Å². The fraction of sp³-hybridized carbons (Fsp3) is 0.600. The van der Waals surface area contributed by atoms with Gasteiger partial charge in [-0.15, -0.1) is 0 Å². The van der Waals surface area contributed by atoms with Crippen molar-refractivity contribution >= 4 is 0 Å². The molecule has 1 aliphatic carbocycles. The van der Waals surface area contributed by atoms with Gasteiger partial charge in [0.2, 0.25) is 0 Å². The van der Waals surface area contributed by atoms with Gasteiger partial charge in [0.05, 0.1) is 11.6 Å². The smallest absolute Gasteiger partial charge is 0.123 e. The van der Waals surface area contributed by atoms with Crippen LogP contribution in [0.15, 0.2) is 18.2 Å². The maximum atomic E-state index is 13.2. The minimum absolute atomic E-state index is 0.130. The molecule has 1 fully saturated rings. The van der Waals surface area contributed by atoms with Gasteiger partial charge in [-0.25, -0.2) is 4.39 Å². The van der Waals surface area contributed by atoms with Crippen molar-refractivity contribution in [2.24, 2.45) is 0 Å². The molecule has 1 unspecified atom stereocenters. The van der Waals surface area contributed by atoms with Gasteiger partial charge in [-0.1, -0.05) is 18.9 Å². The van der Waals surface area contributed by atoms with Gasteiger partial charge < -0.3 is 10.1 Å². The number of methoxy groups -OCH3 is 1. The molecule has 0 amide bonds. The van der Waals surface area contributed by atoms with E-state index in [-0.39, 0.29) is 17.5 Å². The second-order valence-electron chi connectivity index (χ2n) is 5.20. The Hall–Kier alpha value is -0.930. The fourth-order valence-electron chi connectivity index (χ4n) is 3.25. The van der Waals surface area contributed by atoms with Gasteiger partial charge in [0.25, 0.3) is 0 Å². The largest absolute Gasteiger partial charge is 0.376 e. The average molecular weight is 251 g/mol. The van der Waals surface area contributed by atoms with Crippen molar-refractivity contribution in [3.8, 4) is 0 Å². The molecule has 0 radical (unpaired) electrons. The molecule has 3 heteroatoms. The topological polar surface area (TPSA) is 21.3 Å². The Balaban J connectivity index is 2.38. The molecule has 0 aliphatic heterocycles. The van der Waals surface area contributed by atoms with E-state index in [0.717, 1.165) is 24.0 Å². The number of likely N-dealkylation sites (N-methyl/N-ethyl adjacent to an activating group) is 1. The third-order valence-electron chi connectivity index (χ3n) is 4.21. The van der Waals surface area contributed by atoms with Crippen molar-refractivity contribution in [2.75, 3.05) is 14.2 Å². The first-order valence-electron chi connectivity index (χ1n) is 6.61. The highest BCUT2D eigenvalue weighted by molar-refractivity contribution is 5.32. The van der Waals surface area contributed by atoms with Crippen molar-refractivity contribution in [3.05, 3.63) is 35.1 Å². The van der Waals surface area contributed by atoms with Crippen molar-refractivity contribution in [1.29, 1.82) is 0 Å². The lowest BCUT2D eigenvalue weighted by atomic mass is 9.85. The van der Waals surface area contributed by atoms with Crippen LogP contribution in [0.5, 0.6) is 0 Å². The second kappa shape index (κ2) is 5.37. The van der Waals surface area contributed by atoms with E-state index in [1.807, 2.05) is 20.0 Å². The number of hydrogen-bond donors (Lipinski definition) is 1. The van der Waals surface area contributed by atoms with Crippen molar-refractivity contribution in [1.82, 2.24) is 5.32 Å². The Labute approximate surface area is 109 Å². The highest BCUT2D eigenvalue weighted by atomic mass is 19.1. The van der Waals surface area contributed by atoms with E-state index in [1.54, 1.807) is 13.2 Å². The monoisotopic (exact) mass is 251 g/mol. The summed E-state index contributed by atoms with van der Waals surface area (Å²) >= 11 is 0. The molecule has 1 atom stereocenters. The van der Waals surface area contributed by atoms with Crippen molar-refractivity contribution < 1.29 is 9.13 Å². The number of aryl methyl sites for hydroxylation is 1. The first kappa shape index (κ1) is 13.5. The molecule has 0 heterocycles. The first-order chi connectivity index (χ1) is 8.63. The quantitative estimate of drug-likeness (QED) is 0.886. The Morgan fingerprint density at radius 3 is 2.50 bits per heavy atom. The number of benzene rings is 1. The van der Waals surface area contributed by atoms with Crippen LogP contribution in [-0.2, 0) is 4.74 Å². The van der Waals surface area contributed by atoms with Crippen LogP contribution in [0.1, 0.15) is 42.9 Å². The number of hydrogen-bond acceptors (Lipinski definition) is 2. The summed E-state index contributed by atoms with van der Waals surface area (Å²) in [5, 5.41) is 3.36. The molecule has 0 bridgehead atoms. The molecule has 0 saturated heterocycles. The van der Waals surface area contributed by atoms with Crippen LogP contribution in [0, 0.1) is 12.7 Å². The Morgan fingerprint density at radius 1 is 1.33 bits per heavy atom. The molecule has 1 aliphatic rings. The maximum Gasteiger partial charge on any atom is 0.123 e. The Morgan fingerprint density at radius 2 is 2.00 bits per heavy atom. The lowest BCUT2D eigenvalue weighted by molar-refractivity contribution is -0.0350.